The van der Waals surface area contributed by atoms with Crippen LogP contribution in [0.3, 0.4) is 0 Å². The average Bonchev–Trinajstić information content (AvgIpc) is 2.26. The van der Waals surface area contributed by atoms with Gasteiger partial charge < -0.3 is 9.47 Å². The summed E-state index contributed by atoms with van der Waals surface area (Å²) in [6.07, 6.45) is 9.01. The van der Waals surface area contributed by atoms with Gasteiger partial charge >= 0.3 is 0 Å². The van der Waals surface area contributed by atoms with Gasteiger partial charge in [0.15, 0.2) is 0 Å². The van der Waals surface area contributed by atoms with Crippen molar-refractivity contribution in [3.05, 3.63) is 23.5 Å². The molecule has 0 saturated carbocycles. The molecule has 2 aliphatic rings. The highest BCUT2D eigenvalue weighted by Crippen LogP contribution is 2.31. The second kappa shape index (κ2) is 4.65. The van der Waals surface area contributed by atoms with E-state index in [1.165, 1.54) is 17.8 Å². The van der Waals surface area contributed by atoms with E-state index in [9.17, 15) is 0 Å². The SMILES string of the molecule is COCCC1COC2=C(C=CCC2)C1. The first kappa shape index (κ1) is 9.78. The molecule has 1 heterocycles. The number of hydrogen-bond donors (Lipinski definition) is 0. The summed E-state index contributed by atoms with van der Waals surface area (Å²) in [7, 11) is 1.76. The molecule has 0 radical (unpaired) electrons. The van der Waals surface area contributed by atoms with Gasteiger partial charge in [0.1, 0.15) is 0 Å². The van der Waals surface area contributed by atoms with Crippen molar-refractivity contribution in [1.29, 1.82) is 0 Å². The van der Waals surface area contributed by atoms with Crippen LogP contribution in [0.15, 0.2) is 23.5 Å². The molecule has 1 aliphatic carbocycles. The summed E-state index contributed by atoms with van der Waals surface area (Å²) in [5.41, 5.74) is 1.42. The van der Waals surface area contributed by atoms with Gasteiger partial charge in [-0.05, 0) is 30.8 Å². The summed E-state index contributed by atoms with van der Waals surface area (Å²) in [5.74, 6) is 1.89. The van der Waals surface area contributed by atoms with Gasteiger partial charge in [0, 0.05) is 20.1 Å². The zero-order chi connectivity index (χ0) is 9.80. The smallest absolute Gasteiger partial charge is 0.0994 e. The molecule has 0 bridgehead atoms. The minimum Gasteiger partial charge on any atom is -0.497 e. The van der Waals surface area contributed by atoms with Crippen LogP contribution in [0.1, 0.15) is 25.7 Å². The van der Waals surface area contributed by atoms with E-state index in [-0.39, 0.29) is 0 Å². The molecule has 2 nitrogen and oxygen atoms in total. The molecule has 2 heteroatoms. The molecular formula is C12H18O2. The monoisotopic (exact) mass is 194 g/mol. The molecule has 1 unspecified atom stereocenters. The van der Waals surface area contributed by atoms with Crippen molar-refractivity contribution in [1.82, 2.24) is 0 Å². The molecule has 78 valence electrons. The van der Waals surface area contributed by atoms with E-state index < -0.39 is 0 Å². The fourth-order valence-corrected chi connectivity index (χ4v) is 2.10. The Hall–Kier alpha value is -0.760. The molecular weight excluding hydrogens is 176 g/mol. The predicted octanol–water partition coefficient (Wildman–Crippen LogP) is 2.66. The first-order valence-electron chi connectivity index (χ1n) is 5.40. The zero-order valence-corrected chi connectivity index (χ0v) is 8.79. The summed E-state index contributed by atoms with van der Waals surface area (Å²) < 4.78 is 10.9. The molecule has 0 N–H and O–H groups in total. The van der Waals surface area contributed by atoms with Gasteiger partial charge in [-0.2, -0.15) is 0 Å². The van der Waals surface area contributed by atoms with Crippen molar-refractivity contribution in [3.8, 4) is 0 Å². The standard InChI is InChI=1S/C12H18O2/c1-13-7-6-10-8-11-4-2-3-5-12(11)14-9-10/h2,4,10H,3,5-9H2,1H3. The summed E-state index contributed by atoms with van der Waals surface area (Å²) in [5, 5.41) is 0. The molecule has 0 fully saturated rings. The lowest BCUT2D eigenvalue weighted by Gasteiger charge is -2.28. The van der Waals surface area contributed by atoms with Crippen LogP contribution in [0.25, 0.3) is 0 Å². The molecule has 1 atom stereocenters. The first-order valence-corrected chi connectivity index (χ1v) is 5.40. The lowest BCUT2D eigenvalue weighted by atomic mass is 9.90. The third-order valence-electron chi connectivity index (χ3n) is 2.95. The highest BCUT2D eigenvalue weighted by Gasteiger charge is 2.21. The van der Waals surface area contributed by atoms with Crippen LogP contribution in [0.2, 0.25) is 0 Å². The fraction of sp³-hybridized carbons (Fsp3) is 0.667. The topological polar surface area (TPSA) is 18.5 Å². The van der Waals surface area contributed by atoms with Crippen molar-refractivity contribution < 1.29 is 9.47 Å². The van der Waals surface area contributed by atoms with Crippen molar-refractivity contribution in [2.75, 3.05) is 20.3 Å². The number of ether oxygens (including phenoxy) is 2. The van der Waals surface area contributed by atoms with Gasteiger partial charge in [0.2, 0.25) is 0 Å². The fourth-order valence-electron chi connectivity index (χ4n) is 2.10. The van der Waals surface area contributed by atoms with Gasteiger partial charge in [-0.25, -0.2) is 0 Å². The third kappa shape index (κ3) is 2.18. The predicted molar refractivity (Wildman–Crippen MR) is 56.0 cm³/mol. The Bertz CT molecular complexity index is 253. The van der Waals surface area contributed by atoms with Crippen LogP contribution in [0.4, 0.5) is 0 Å². The largest absolute Gasteiger partial charge is 0.497 e. The van der Waals surface area contributed by atoms with Gasteiger partial charge in [-0.1, -0.05) is 12.2 Å². The van der Waals surface area contributed by atoms with Crippen LogP contribution in [-0.4, -0.2) is 20.3 Å². The Balaban J connectivity index is 1.91. The summed E-state index contributed by atoms with van der Waals surface area (Å²) in [6, 6.07) is 0. The molecule has 0 amide bonds. The second-order valence-electron chi connectivity index (χ2n) is 4.05. The van der Waals surface area contributed by atoms with E-state index in [0.29, 0.717) is 5.92 Å². The highest BCUT2D eigenvalue weighted by molar-refractivity contribution is 5.28. The number of methoxy groups -OCH3 is 1. The molecule has 0 spiro atoms. The molecule has 0 aromatic carbocycles. The van der Waals surface area contributed by atoms with E-state index in [4.69, 9.17) is 9.47 Å². The normalized spacial score (nSPS) is 25.9. The van der Waals surface area contributed by atoms with Crippen molar-refractivity contribution in [2.24, 2.45) is 5.92 Å². The minimum atomic E-state index is 0.649. The van der Waals surface area contributed by atoms with Crippen LogP contribution >= 0.6 is 0 Å². The Morgan fingerprint density at radius 3 is 3.36 bits per heavy atom. The maximum absolute atomic E-state index is 5.76. The number of rotatable bonds is 3. The van der Waals surface area contributed by atoms with Gasteiger partial charge in [-0.3, -0.25) is 0 Å². The van der Waals surface area contributed by atoms with Gasteiger partial charge in [0.25, 0.3) is 0 Å². The third-order valence-corrected chi connectivity index (χ3v) is 2.95. The lowest BCUT2D eigenvalue weighted by Crippen LogP contribution is -2.19. The first-order chi connectivity index (χ1) is 6.90. The van der Waals surface area contributed by atoms with Crippen molar-refractivity contribution in [3.63, 3.8) is 0 Å². The van der Waals surface area contributed by atoms with Crippen molar-refractivity contribution in [2.45, 2.75) is 25.7 Å². The maximum atomic E-state index is 5.76. The number of hydrogen-bond acceptors (Lipinski definition) is 2. The van der Waals surface area contributed by atoms with E-state index in [1.54, 1.807) is 7.11 Å². The quantitative estimate of drug-likeness (QED) is 0.687. The lowest BCUT2D eigenvalue weighted by molar-refractivity contribution is 0.104. The van der Waals surface area contributed by atoms with Gasteiger partial charge in [0.05, 0.1) is 12.4 Å². The average molecular weight is 194 g/mol. The van der Waals surface area contributed by atoms with Crippen LogP contribution in [0, 0.1) is 5.92 Å². The van der Waals surface area contributed by atoms with Crippen LogP contribution < -0.4 is 0 Å². The zero-order valence-electron chi connectivity index (χ0n) is 8.79. The van der Waals surface area contributed by atoms with Crippen LogP contribution in [0.5, 0.6) is 0 Å². The number of allylic oxidation sites excluding steroid dienone is 4. The van der Waals surface area contributed by atoms with E-state index in [2.05, 4.69) is 12.2 Å². The molecule has 1 aliphatic heterocycles. The highest BCUT2D eigenvalue weighted by atomic mass is 16.5. The Morgan fingerprint density at radius 2 is 2.50 bits per heavy atom. The Morgan fingerprint density at radius 1 is 1.57 bits per heavy atom. The van der Waals surface area contributed by atoms with E-state index in [0.717, 1.165) is 32.5 Å². The van der Waals surface area contributed by atoms with Crippen molar-refractivity contribution >= 4 is 0 Å². The molecule has 2 rings (SSSR count). The van der Waals surface area contributed by atoms with E-state index in [1.807, 2.05) is 0 Å². The molecule has 0 aromatic rings. The maximum Gasteiger partial charge on any atom is 0.0994 e. The second-order valence-corrected chi connectivity index (χ2v) is 4.05. The molecule has 0 aromatic heterocycles. The minimum absolute atomic E-state index is 0.649. The Kier molecular flexibility index (Phi) is 3.25. The molecule has 14 heavy (non-hydrogen) atoms. The Labute approximate surface area is 85.6 Å². The summed E-state index contributed by atoms with van der Waals surface area (Å²) in [4.78, 5) is 0. The molecule has 0 saturated heterocycles. The van der Waals surface area contributed by atoms with Gasteiger partial charge in [-0.15, -0.1) is 0 Å². The summed E-state index contributed by atoms with van der Waals surface area (Å²) in [6.45, 7) is 1.73. The van der Waals surface area contributed by atoms with E-state index >= 15 is 0 Å². The van der Waals surface area contributed by atoms with Crippen LogP contribution in [-0.2, 0) is 9.47 Å². The summed E-state index contributed by atoms with van der Waals surface area (Å²) >= 11 is 0.